The Balaban J connectivity index is 1.99. The van der Waals surface area contributed by atoms with E-state index < -0.39 is 6.36 Å². The lowest BCUT2D eigenvalue weighted by Crippen LogP contribution is -2.30. The smallest absolute Gasteiger partial charge is 0.404 e. The van der Waals surface area contributed by atoms with Crippen molar-refractivity contribution >= 4 is 17.5 Å². The fourth-order valence-corrected chi connectivity index (χ4v) is 2.75. The molecule has 2 heterocycles. The van der Waals surface area contributed by atoms with Gasteiger partial charge in [-0.25, -0.2) is 4.98 Å². The number of halogens is 3. The van der Waals surface area contributed by atoms with Crippen LogP contribution < -0.4 is 15.4 Å². The lowest BCUT2D eigenvalue weighted by atomic mass is 10.1. The summed E-state index contributed by atoms with van der Waals surface area (Å²) in [4.78, 5) is 12.9. The summed E-state index contributed by atoms with van der Waals surface area (Å²) >= 11 is 0. The molecule has 164 valence electrons. The van der Waals surface area contributed by atoms with Gasteiger partial charge in [-0.3, -0.25) is 4.98 Å². The molecule has 0 aliphatic carbocycles. The first-order valence-corrected chi connectivity index (χ1v) is 9.54. The molecule has 0 spiro atoms. The van der Waals surface area contributed by atoms with E-state index in [1.165, 1.54) is 18.2 Å². The second-order valence-corrected chi connectivity index (χ2v) is 7.05. The molecule has 0 saturated heterocycles. The number of aromatic nitrogens is 3. The van der Waals surface area contributed by atoms with Crippen molar-refractivity contribution in [1.82, 2.24) is 15.0 Å². The first-order chi connectivity index (χ1) is 14.7. The second kappa shape index (κ2) is 9.61. The quantitative estimate of drug-likeness (QED) is 0.478. The fraction of sp³-hybridized carbons (Fsp3) is 0.286. The van der Waals surface area contributed by atoms with Crippen LogP contribution in [0.25, 0.3) is 11.3 Å². The minimum Gasteiger partial charge on any atom is -0.404 e. The SMILES string of the molecule is CC(C)[C@H](CO)Nc1nc(Nc2ccccc2OC(F)(F)F)cc(-c2cccnc2)n1. The maximum atomic E-state index is 12.8. The normalized spacial score (nSPS) is 12.5. The van der Waals surface area contributed by atoms with E-state index in [-0.39, 0.29) is 41.8 Å². The largest absolute Gasteiger partial charge is 0.573 e. The Hall–Kier alpha value is -3.40. The fourth-order valence-electron chi connectivity index (χ4n) is 2.75. The van der Waals surface area contributed by atoms with Crippen molar-refractivity contribution in [2.24, 2.45) is 5.92 Å². The van der Waals surface area contributed by atoms with Crippen LogP contribution in [0.15, 0.2) is 54.9 Å². The Bertz CT molecular complexity index is 1000. The molecule has 0 amide bonds. The molecule has 0 aliphatic heterocycles. The molecule has 0 saturated carbocycles. The summed E-state index contributed by atoms with van der Waals surface area (Å²) in [5.41, 5.74) is 1.29. The molecule has 2 aromatic heterocycles. The van der Waals surface area contributed by atoms with Crippen LogP contribution in [0.1, 0.15) is 13.8 Å². The third-order valence-electron chi connectivity index (χ3n) is 4.37. The van der Waals surface area contributed by atoms with E-state index in [4.69, 9.17) is 0 Å². The Morgan fingerprint density at radius 3 is 2.52 bits per heavy atom. The van der Waals surface area contributed by atoms with E-state index in [1.54, 1.807) is 36.7 Å². The molecule has 0 fully saturated rings. The number of pyridine rings is 1. The first-order valence-electron chi connectivity index (χ1n) is 9.54. The van der Waals surface area contributed by atoms with Gasteiger partial charge in [-0.05, 0) is 30.2 Å². The van der Waals surface area contributed by atoms with Gasteiger partial charge in [-0.15, -0.1) is 13.2 Å². The van der Waals surface area contributed by atoms with E-state index in [0.717, 1.165) is 0 Å². The monoisotopic (exact) mass is 433 g/mol. The maximum Gasteiger partial charge on any atom is 0.573 e. The Morgan fingerprint density at radius 1 is 1.10 bits per heavy atom. The summed E-state index contributed by atoms with van der Waals surface area (Å²) in [5, 5.41) is 15.6. The summed E-state index contributed by atoms with van der Waals surface area (Å²) in [6, 6.07) is 10.5. The molecular formula is C21H22F3N5O2. The van der Waals surface area contributed by atoms with Crippen LogP contribution in [-0.2, 0) is 0 Å². The van der Waals surface area contributed by atoms with Gasteiger partial charge in [0.05, 0.1) is 24.0 Å². The molecule has 10 heteroatoms. The average molecular weight is 433 g/mol. The van der Waals surface area contributed by atoms with E-state index in [0.29, 0.717) is 11.3 Å². The number of nitrogens with zero attached hydrogens (tertiary/aromatic N) is 3. The topological polar surface area (TPSA) is 92.2 Å². The Labute approximate surface area is 177 Å². The third-order valence-corrected chi connectivity index (χ3v) is 4.37. The van der Waals surface area contributed by atoms with Crippen molar-refractivity contribution in [3.8, 4) is 17.0 Å². The standard InChI is InChI=1S/C21H22F3N5O2/c1-13(2)17(12-30)28-20-27-16(14-6-5-9-25-11-14)10-19(29-20)26-15-7-3-4-8-18(15)31-21(22,23)24/h3-11,13,17,30H,12H2,1-2H3,(H2,26,27,28,29)/t17-/m0/s1. The molecule has 0 aliphatic rings. The van der Waals surface area contributed by atoms with Gasteiger partial charge in [0, 0.05) is 24.0 Å². The number of aliphatic hydroxyl groups excluding tert-OH is 1. The summed E-state index contributed by atoms with van der Waals surface area (Å²) < 4.78 is 42.4. The molecule has 7 nitrogen and oxygen atoms in total. The number of anilines is 3. The van der Waals surface area contributed by atoms with Crippen LogP contribution in [0.2, 0.25) is 0 Å². The second-order valence-electron chi connectivity index (χ2n) is 7.05. The van der Waals surface area contributed by atoms with Gasteiger partial charge in [0.15, 0.2) is 5.75 Å². The van der Waals surface area contributed by atoms with Crippen LogP contribution in [0.5, 0.6) is 5.75 Å². The van der Waals surface area contributed by atoms with Gasteiger partial charge in [-0.2, -0.15) is 4.98 Å². The number of para-hydroxylation sites is 2. The minimum absolute atomic E-state index is 0.0872. The van der Waals surface area contributed by atoms with Crippen molar-refractivity contribution in [2.75, 3.05) is 17.2 Å². The molecule has 3 N–H and O–H groups in total. The van der Waals surface area contributed by atoms with Crippen LogP contribution in [-0.4, -0.2) is 39.1 Å². The average Bonchev–Trinajstić information content (AvgIpc) is 2.73. The highest BCUT2D eigenvalue weighted by molar-refractivity contribution is 5.69. The molecular weight excluding hydrogens is 411 g/mol. The van der Waals surface area contributed by atoms with Gasteiger partial charge in [0.2, 0.25) is 5.95 Å². The molecule has 0 radical (unpaired) electrons. The number of rotatable bonds is 8. The van der Waals surface area contributed by atoms with Gasteiger partial charge < -0.3 is 20.5 Å². The molecule has 31 heavy (non-hydrogen) atoms. The zero-order valence-corrected chi connectivity index (χ0v) is 16.9. The lowest BCUT2D eigenvalue weighted by Gasteiger charge is -2.21. The zero-order chi connectivity index (χ0) is 22.4. The number of aliphatic hydroxyl groups is 1. The number of ether oxygens (including phenoxy) is 1. The highest BCUT2D eigenvalue weighted by atomic mass is 19.4. The maximum absolute atomic E-state index is 12.8. The summed E-state index contributed by atoms with van der Waals surface area (Å²) in [5.74, 6) is 0.162. The summed E-state index contributed by atoms with van der Waals surface area (Å²) in [6.07, 6.45) is -1.60. The van der Waals surface area contributed by atoms with E-state index in [2.05, 4.69) is 30.3 Å². The number of alkyl halides is 3. The molecule has 3 aromatic rings. The van der Waals surface area contributed by atoms with Gasteiger partial charge in [0.1, 0.15) is 5.82 Å². The van der Waals surface area contributed by atoms with Crippen molar-refractivity contribution in [3.05, 3.63) is 54.9 Å². The molecule has 1 aromatic carbocycles. The summed E-state index contributed by atoms with van der Waals surface area (Å²) in [6.45, 7) is 3.73. The van der Waals surface area contributed by atoms with E-state index in [1.807, 2.05) is 13.8 Å². The molecule has 0 unspecified atom stereocenters. The molecule has 1 atom stereocenters. The Morgan fingerprint density at radius 2 is 1.87 bits per heavy atom. The Kier molecular flexibility index (Phi) is 6.91. The molecule has 0 bridgehead atoms. The van der Waals surface area contributed by atoms with Gasteiger partial charge >= 0.3 is 6.36 Å². The van der Waals surface area contributed by atoms with Crippen molar-refractivity contribution in [2.45, 2.75) is 26.3 Å². The number of benzene rings is 1. The number of nitrogens with one attached hydrogen (secondary N) is 2. The van der Waals surface area contributed by atoms with Gasteiger partial charge in [-0.1, -0.05) is 26.0 Å². The zero-order valence-electron chi connectivity index (χ0n) is 16.9. The van der Waals surface area contributed by atoms with E-state index in [9.17, 15) is 18.3 Å². The van der Waals surface area contributed by atoms with Crippen molar-refractivity contribution in [3.63, 3.8) is 0 Å². The summed E-state index contributed by atoms with van der Waals surface area (Å²) in [7, 11) is 0. The number of hydrogen-bond donors (Lipinski definition) is 3. The molecule has 3 rings (SSSR count). The lowest BCUT2D eigenvalue weighted by molar-refractivity contribution is -0.274. The highest BCUT2D eigenvalue weighted by Crippen LogP contribution is 2.32. The number of hydrogen-bond acceptors (Lipinski definition) is 7. The predicted octanol–water partition coefficient (Wildman–Crippen LogP) is 4.61. The first kappa shape index (κ1) is 22.3. The third kappa shape index (κ3) is 6.29. The van der Waals surface area contributed by atoms with Crippen LogP contribution in [0.4, 0.5) is 30.6 Å². The minimum atomic E-state index is -4.83. The van der Waals surface area contributed by atoms with Crippen LogP contribution >= 0.6 is 0 Å². The van der Waals surface area contributed by atoms with Crippen molar-refractivity contribution < 1.29 is 23.0 Å². The van der Waals surface area contributed by atoms with Crippen molar-refractivity contribution in [1.29, 1.82) is 0 Å². The van der Waals surface area contributed by atoms with Crippen LogP contribution in [0.3, 0.4) is 0 Å². The van der Waals surface area contributed by atoms with Gasteiger partial charge in [0.25, 0.3) is 0 Å². The highest BCUT2D eigenvalue weighted by Gasteiger charge is 2.32. The van der Waals surface area contributed by atoms with Crippen LogP contribution in [0, 0.1) is 5.92 Å². The predicted molar refractivity (Wildman–Crippen MR) is 111 cm³/mol. The van der Waals surface area contributed by atoms with E-state index >= 15 is 0 Å².